The van der Waals surface area contributed by atoms with Crippen molar-refractivity contribution in [3.63, 3.8) is 0 Å². The third-order valence-electron chi connectivity index (χ3n) is 6.01. The molecule has 1 unspecified atom stereocenters. The van der Waals surface area contributed by atoms with Gasteiger partial charge in [-0.2, -0.15) is 0 Å². The Bertz CT molecular complexity index is 876. The number of rotatable bonds is 4. The van der Waals surface area contributed by atoms with E-state index in [1.165, 1.54) is 0 Å². The Morgan fingerprint density at radius 3 is 2.72 bits per heavy atom. The van der Waals surface area contributed by atoms with Gasteiger partial charge in [0.25, 0.3) is 0 Å². The second kappa shape index (κ2) is 8.23. The lowest BCUT2D eigenvalue weighted by Crippen LogP contribution is -2.51. The molecule has 1 spiro atoms. The zero-order valence-corrected chi connectivity index (χ0v) is 16.8. The van der Waals surface area contributed by atoms with E-state index in [1.807, 2.05) is 36.1 Å². The van der Waals surface area contributed by atoms with Crippen molar-refractivity contribution in [1.82, 2.24) is 9.88 Å². The van der Waals surface area contributed by atoms with Gasteiger partial charge in [0.15, 0.2) is 0 Å². The lowest BCUT2D eigenvalue weighted by Gasteiger charge is -2.47. The van der Waals surface area contributed by atoms with E-state index in [1.54, 1.807) is 18.5 Å². The molecule has 29 heavy (non-hydrogen) atoms. The number of nitrogens with zero attached hydrogens (tertiary/aromatic N) is 2. The van der Waals surface area contributed by atoms with Crippen LogP contribution in [0.2, 0.25) is 0 Å². The van der Waals surface area contributed by atoms with Gasteiger partial charge in [-0.3, -0.25) is 14.6 Å². The van der Waals surface area contributed by atoms with Crippen molar-refractivity contribution in [2.75, 3.05) is 18.4 Å². The van der Waals surface area contributed by atoms with Gasteiger partial charge in [-0.15, -0.1) is 0 Å². The molecular weight excluding hydrogens is 366 g/mol. The minimum Gasteiger partial charge on any atom is -0.487 e. The summed E-state index contributed by atoms with van der Waals surface area (Å²) >= 11 is 0. The highest BCUT2D eigenvalue weighted by Gasteiger charge is 2.44. The molecule has 2 amide bonds. The molecule has 3 heterocycles. The van der Waals surface area contributed by atoms with Gasteiger partial charge in [-0.25, -0.2) is 0 Å². The maximum absolute atomic E-state index is 12.7. The topological polar surface area (TPSA) is 71.5 Å². The maximum Gasteiger partial charge on any atom is 0.225 e. The fourth-order valence-electron chi connectivity index (χ4n) is 4.49. The van der Waals surface area contributed by atoms with Crippen LogP contribution in [-0.4, -0.2) is 40.4 Å². The summed E-state index contributed by atoms with van der Waals surface area (Å²) in [5.74, 6) is 1.13. The quantitative estimate of drug-likeness (QED) is 0.859. The molecule has 4 rings (SSSR count). The molecule has 1 aromatic heterocycles. The van der Waals surface area contributed by atoms with E-state index in [9.17, 15) is 9.59 Å². The van der Waals surface area contributed by atoms with Crippen LogP contribution in [0.4, 0.5) is 5.69 Å². The molecular formula is C23H27N3O3. The number of anilines is 1. The van der Waals surface area contributed by atoms with Crippen molar-refractivity contribution < 1.29 is 14.3 Å². The average Bonchev–Trinajstić information content (AvgIpc) is 2.74. The zero-order valence-electron chi connectivity index (χ0n) is 16.8. The number of aromatic nitrogens is 1. The molecule has 1 saturated heterocycles. The number of carbonyl (C=O) groups is 2. The number of fused-ring (bicyclic) bond motifs is 1. The summed E-state index contributed by atoms with van der Waals surface area (Å²) in [7, 11) is 0. The number of benzene rings is 1. The van der Waals surface area contributed by atoms with E-state index in [0.29, 0.717) is 31.6 Å². The number of pyridine rings is 1. The first kappa shape index (κ1) is 19.4. The van der Waals surface area contributed by atoms with E-state index in [-0.39, 0.29) is 23.3 Å². The molecule has 0 radical (unpaired) electrons. The first-order valence-electron chi connectivity index (χ1n) is 10.3. The molecule has 2 aromatic rings. The van der Waals surface area contributed by atoms with Gasteiger partial charge in [-0.1, -0.05) is 25.1 Å². The van der Waals surface area contributed by atoms with Crippen molar-refractivity contribution in [3.8, 4) is 5.75 Å². The van der Waals surface area contributed by atoms with Gasteiger partial charge < -0.3 is 15.0 Å². The van der Waals surface area contributed by atoms with Crippen molar-refractivity contribution >= 4 is 17.5 Å². The molecule has 6 heteroatoms. The Morgan fingerprint density at radius 1 is 1.21 bits per heavy atom. The number of likely N-dealkylation sites (tertiary alicyclic amines) is 1. The molecule has 152 valence electrons. The normalized spacial score (nSPS) is 19.9. The number of amides is 2. The molecule has 0 bridgehead atoms. The molecule has 1 atom stereocenters. The SMILES string of the molecule is CCC(=O)N1CCC2(CC1)CC(CC(=O)Nc1cccnc1)c1ccccc1O2. The summed E-state index contributed by atoms with van der Waals surface area (Å²) in [4.78, 5) is 30.7. The number of nitrogens with one attached hydrogen (secondary N) is 1. The Morgan fingerprint density at radius 2 is 2.00 bits per heavy atom. The van der Waals surface area contributed by atoms with Crippen LogP contribution < -0.4 is 10.1 Å². The summed E-state index contributed by atoms with van der Waals surface area (Å²) in [6.07, 6.45) is 6.66. The highest BCUT2D eigenvalue weighted by atomic mass is 16.5. The highest BCUT2D eigenvalue weighted by molar-refractivity contribution is 5.91. The number of ether oxygens (including phenoxy) is 1. The summed E-state index contributed by atoms with van der Waals surface area (Å²) < 4.78 is 6.47. The van der Waals surface area contributed by atoms with Crippen LogP contribution in [0.3, 0.4) is 0 Å². The predicted octanol–water partition coefficient (Wildman–Crippen LogP) is 3.75. The molecule has 0 aliphatic carbocycles. The van der Waals surface area contributed by atoms with Crippen LogP contribution in [-0.2, 0) is 9.59 Å². The van der Waals surface area contributed by atoms with Crippen molar-refractivity contribution in [2.24, 2.45) is 0 Å². The molecule has 2 aliphatic heterocycles. The maximum atomic E-state index is 12.7. The van der Waals surface area contributed by atoms with Crippen LogP contribution in [0.25, 0.3) is 0 Å². The summed E-state index contributed by atoms with van der Waals surface area (Å²) in [5, 5.41) is 2.95. The number of piperidine rings is 1. The standard InChI is InChI=1S/C23H27N3O3/c1-2-22(28)26-12-9-23(10-13-26)15-17(19-7-3-4-8-20(19)29-23)14-21(27)25-18-6-5-11-24-16-18/h3-8,11,16-17H,2,9-10,12-15H2,1H3,(H,25,27). The number of hydrogen-bond donors (Lipinski definition) is 1. The fourth-order valence-corrected chi connectivity index (χ4v) is 4.49. The van der Waals surface area contributed by atoms with Gasteiger partial charge in [0.1, 0.15) is 11.4 Å². The molecule has 6 nitrogen and oxygen atoms in total. The Labute approximate surface area is 171 Å². The molecule has 0 saturated carbocycles. The number of para-hydroxylation sites is 1. The monoisotopic (exact) mass is 393 g/mol. The Kier molecular flexibility index (Phi) is 5.51. The summed E-state index contributed by atoms with van der Waals surface area (Å²) in [6, 6.07) is 11.7. The molecule has 2 aliphatic rings. The minimum atomic E-state index is -0.307. The second-order valence-corrected chi connectivity index (χ2v) is 7.95. The van der Waals surface area contributed by atoms with Crippen LogP contribution in [0.1, 0.15) is 50.5 Å². The van der Waals surface area contributed by atoms with Crippen LogP contribution in [0, 0.1) is 0 Å². The average molecular weight is 393 g/mol. The van der Waals surface area contributed by atoms with E-state index >= 15 is 0 Å². The van der Waals surface area contributed by atoms with Gasteiger partial charge in [0, 0.05) is 50.9 Å². The summed E-state index contributed by atoms with van der Waals surface area (Å²) in [6.45, 7) is 3.32. The van der Waals surface area contributed by atoms with E-state index in [4.69, 9.17) is 4.74 Å². The van der Waals surface area contributed by atoms with Crippen molar-refractivity contribution in [3.05, 3.63) is 54.4 Å². The van der Waals surface area contributed by atoms with Gasteiger partial charge in [-0.05, 0) is 30.2 Å². The van der Waals surface area contributed by atoms with Gasteiger partial charge >= 0.3 is 0 Å². The molecule has 1 aromatic carbocycles. The smallest absolute Gasteiger partial charge is 0.225 e. The van der Waals surface area contributed by atoms with Crippen molar-refractivity contribution in [2.45, 2.75) is 50.5 Å². The fraction of sp³-hybridized carbons (Fsp3) is 0.435. The van der Waals surface area contributed by atoms with Crippen LogP contribution in [0.15, 0.2) is 48.8 Å². The number of hydrogen-bond acceptors (Lipinski definition) is 4. The lowest BCUT2D eigenvalue weighted by atomic mass is 9.76. The molecule has 1 N–H and O–H groups in total. The lowest BCUT2D eigenvalue weighted by molar-refractivity contribution is -0.134. The van der Waals surface area contributed by atoms with E-state index < -0.39 is 0 Å². The van der Waals surface area contributed by atoms with Gasteiger partial charge in [0.2, 0.25) is 11.8 Å². The first-order valence-corrected chi connectivity index (χ1v) is 10.3. The zero-order chi connectivity index (χ0) is 20.3. The third kappa shape index (κ3) is 4.26. The van der Waals surface area contributed by atoms with Crippen LogP contribution >= 0.6 is 0 Å². The van der Waals surface area contributed by atoms with E-state index in [2.05, 4.69) is 16.4 Å². The Hall–Kier alpha value is -2.89. The number of carbonyl (C=O) groups excluding carboxylic acids is 2. The molecule has 1 fully saturated rings. The highest BCUT2D eigenvalue weighted by Crippen LogP contribution is 2.46. The van der Waals surface area contributed by atoms with E-state index in [0.717, 1.165) is 30.6 Å². The predicted molar refractivity (Wildman–Crippen MR) is 111 cm³/mol. The Balaban J connectivity index is 1.49. The van der Waals surface area contributed by atoms with Crippen molar-refractivity contribution in [1.29, 1.82) is 0 Å². The van der Waals surface area contributed by atoms with Gasteiger partial charge in [0.05, 0.1) is 11.9 Å². The minimum absolute atomic E-state index is 0.0200. The summed E-state index contributed by atoms with van der Waals surface area (Å²) in [5.41, 5.74) is 1.49. The third-order valence-corrected chi connectivity index (χ3v) is 6.01. The largest absolute Gasteiger partial charge is 0.487 e. The first-order chi connectivity index (χ1) is 14.1. The second-order valence-electron chi connectivity index (χ2n) is 7.95. The van der Waals surface area contributed by atoms with Crippen LogP contribution in [0.5, 0.6) is 5.75 Å².